The maximum Gasteiger partial charge on any atom is 0.421 e. The zero-order chi connectivity index (χ0) is 34.4. The molecule has 2 atom stereocenters. The second kappa shape index (κ2) is 16.2. The second-order valence-electron chi connectivity index (χ2n) is 14.4. The molecule has 4 aliphatic rings. The summed E-state index contributed by atoms with van der Waals surface area (Å²) in [5, 5.41) is 9.68. The Hall–Kier alpha value is -3.16. The molecule has 270 valence electrons. The molecule has 5 heterocycles. The lowest BCUT2D eigenvalue weighted by atomic mass is 9.88. The molecule has 0 spiro atoms. The van der Waals surface area contributed by atoms with Gasteiger partial charge in [-0.15, -0.1) is 0 Å². The van der Waals surface area contributed by atoms with Gasteiger partial charge in [0.25, 0.3) is 0 Å². The number of piperazine rings is 1. The largest absolute Gasteiger partial charge is 0.421 e. The Balaban J connectivity index is 1.06. The van der Waals surface area contributed by atoms with Gasteiger partial charge in [0.1, 0.15) is 11.4 Å². The van der Waals surface area contributed by atoms with Gasteiger partial charge in [-0.05, 0) is 94.6 Å². The molecule has 13 heteroatoms. The molecule has 10 nitrogen and oxygen atoms in total. The number of amides is 1. The molecule has 6 rings (SSSR count). The maximum absolute atomic E-state index is 14.0. The molecule has 2 bridgehead atoms. The van der Waals surface area contributed by atoms with E-state index >= 15 is 0 Å². The quantitative estimate of drug-likeness (QED) is 0.292. The van der Waals surface area contributed by atoms with Crippen LogP contribution in [-0.2, 0) is 17.4 Å². The van der Waals surface area contributed by atoms with E-state index in [-0.39, 0.29) is 30.3 Å². The third-order valence-electron chi connectivity index (χ3n) is 11.0. The lowest BCUT2D eigenvalue weighted by molar-refractivity contribution is -0.137. The summed E-state index contributed by atoms with van der Waals surface area (Å²) in [7, 11) is 2.19. The van der Waals surface area contributed by atoms with Crippen LogP contribution >= 0.6 is 0 Å². The highest BCUT2D eigenvalue weighted by Gasteiger charge is 2.35. The van der Waals surface area contributed by atoms with E-state index in [2.05, 4.69) is 66.7 Å². The minimum Gasteiger partial charge on any atom is -0.371 e. The molecule has 3 N–H and O–H groups in total. The number of aromatic nitrogens is 2. The fraction of sp³-hybridized carbons (Fsp3) is 0.694. The molecule has 4 aliphatic heterocycles. The first kappa shape index (κ1) is 35.7. The van der Waals surface area contributed by atoms with E-state index in [1.54, 1.807) is 0 Å². The number of fused-ring (bicyclic) bond motifs is 3. The number of carbonyl (C=O) groups excluding carboxylic acids is 1. The van der Waals surface area contributed by atoms with Crippen LogP contribution in [0.25, 0.3) is 0 Å². The van der Waals surface area contributed by atoms with E-state index < -0.39 is 11.7 Å². The minimum atomic E-state index is -4.60. The first-order valence-electron chi connectivity index (χ1n) is 18.4. The molecule has 4 saturated heterocycles. The number of alkyl halides is 3. The first-order valence-corrected chi connectivity index (χ1v) is 18.4. The summed E-state index contributed by atoms with van der Waals surface area (Å²) in [5.74, 6) is 0.430. The van der Waals surface area contributed by atoms with E-state index in [1.165, 1.54) is 5.69 Å². The standard InChI is InChI=1S/C36H54F3N9O/c1-3-27-23-30(46-16-11-29(12-17-46)47-20-18-45(2)19-21-47)9-10-32(27)43-35-42-24-31(36(37,38)39)34(44-35)41-14-5-15-48-25-28-8-7-26(22-33(48)49)6-4-13-40-28/h9-10,23-24,26,28-29,40H,3-8,11-22,25H2,1-2H3,(H2,41,42,43,44). The molecule has 0 saturated carbocycles. The number of piperidine rings is 1. The highest BCUT2D eigenvalue weighted by atomic mass is 19.4. The number of hydrogen-bond acceptors (Lipinski definition) is 9. The van der Waals surface area contributed by atoms with E-state index in [4.69, 9.17) is 0 Å². The summed E-state index contributed by atoms with van der Waals surface area (Å²) < 4.78 is 41.9. The van der Waals surface area contributed by atoms with Gasteiger partial charge in [0.15, 0.2) is 0 Å². The third kappa shape index (κ3) is 9.35. The summed E-state index contributed by atoms with van der Waals surface area (Å²) in [6, 6.07) is 7.16. The van der Waals surface area contributed by atoms with Crippen LogP contribution in [0.5, 0.6) is 0 Å². The van der Waals surface area contributed by atoms with Crippen LogP contribution in [-0.4, -0.2) is 115 Å². The molecule has 4 fully saturated rings. The Bertz CT molecular complexity index is 1390. The predicted molar refractivity (Wildman–Crippen MR) is 188 cm³/mol. The van der Waals surface area contributed by atoms with Crippen molar-refractivity contribution in [1.82, 2.24) is 30.0 Å². The topological polar surface area (TPSA) is 91.9 Å². The number of likely N-dealkylation sites (tertiary alicyclic amines) is 1. The fourth-order valence-electron chi connectivity index (χ4n) is 7.95. The second-order valence-corrected chi connectivity index (χ2v) is 14.4. The van der Waals surface area contributed by atoms with Gasteiger partial charge in [-0.2, -0.15) is 18.2 Å². The number of aryl methyl sites for hydroxylation is 1. The SMILES string of the molecule is CCc1cc(N2CCC(N3CCN(C)CC3)CC2)ccc1Nc1ncc(C(F)(F)F)c(NCCCN2CC3CCC(CCCN3)CC2=O)n1. The summed E-state index contributed by atoms with van der Waals surface area (Å²) in [6.07, 6.45) is 4.65. The molecule has 49 heavy (non-hydrogen) atoms. The van der Waals surface area contributed by atoms with Crippen molar-refractivity contribution in [2.75, 3.05) is 88.0 Å². The molecule has 1 amide bonds. The van der Waals surface area contributed by atoms with Crippen molar-refractivity contribution in [3.05, 3.63) is 35.5 Å². The lowest BCUT2D eigenvalue weighted by Gasteiger charge is -2.42. The normalized spacial score (nSPS) is 23.6. The van der Waals surface area contributed by atoms with E-state index in [9.17, 15) is 18.0 Å². The van der Waals surface area contributed by atoms with Crippen molar-refractivity contribution in [1.29, 1.82) is 0 Å². The van der Waals surface area contributed by atoms with Crippen LogP contribution in [0.2, 0.25) is 0 Å². The number of halogens is 3. The number of rotatable bonds is 10. The molecular weight excluding hydrogens is 631 g/mol. The number of hydrogen-bond donors (Lipinski definition) is 3. The molecular formula is C36H54F3N9O. The Morgan fingerprint density at radius 2 is 1.82 bits per heavy atom. The van der Waals surface area contributed by atoms with Gasteiger partial charge in [0.05, 0.1) is 0 Å². The van der Waals surface area contributed by atoms with Crippen molar-refractivity contribution < 1.29 is 18.0 Å². The number of carbonyl (C=O) groups is 1. The van der Waals surface area contributed by atoms with Gasteiger partial charge in [0.2, 0.25) is 11.9 Å². The van der Waals surface area contributed by atoms with Gasteiger partial charge in [-0.3, -0.25) is 9.69 Å². The summed E-state index contributed by atoms with van der Waals surface area (Å²) >= 11 is 0. The fourth-order valence-corrected chi connectivity index (χ4v) is 7.95. The number of benzene rings is 1. The van der Waals surface area contributed by atoms with Crippen LogP contribution in [0.4, 0.5) is 36.3 Å². The summed E-state index contributed by atoms with van der Waals surface area (Å²) in [5.41, 5.74) is 2.11. The molecule has 1 aromatic carbocycles. The molecule has 1 aromatic heterocycles. The van der Waals surface area contributed by atoms with Crippen LogP contribution in [0.15, 0.2) is 24.4 Å². The van der Waals surface area contributed by atoms with Crippen molar-refractivity contribution in [3.63, 3.8) is 0 Å². The average molecular weight is 686 g/mol. The third-order valence-corrected chi connectivity index (χ3v) is 11.0. The zero-order valence-electron chi connectivity index (χ0n) is 29.2. The van der Waals surface area contributed by atoms with Crippen LogP contribution < -0.4 is 20.9 Å². The highest BCUT2D eigenvalue weighted by Crippen LogP contribution is 2.35. The van der Waals surface area contributed by atoms with Crippen LogP contribution in [0.3, 0.4) is 0 Å². The monoisotopic (exact) mass is 685 g/mol. The highest BCUT2D eigenvalue weighted by molar-refractivity contribution is 5.76. The van der Waals surface area contributed by atoms with Crippen LogP contribution in [0.1, 0.15) is 69.4 Å². The lowest BCUT2D eigenvalue weighted by Crippen LogP contribution is -2.52. The van der Waals surface area contributed by atoms with Crippen molar-refractivity contribution in [2.24, 2.45) is 5.92 Å². The smallest absolute Gasteiger partial charge is 0.371 e. The number of likely N-dealkylation sites (N-methyl/N-ethyl adjacent to an activating group) is 1. The number of anilines is 4. The zero-order valence-corrected chi connectivity index (χ0v) is 29.2. The number of nitrogens with one attached hydrogen (secondary N) is 3. The van der Waals surface area contributed by atoms with Crippen molar-refractivity contribution in [3.8, 4) is 0 Å². The average Bonchev–Trinajstić information content (AvgIpc) is 3.08. The van der Waals surface area contributed by atoms with E-state index in [0.29, 0.717) is 37.9 Å². The molecule has 0 radical (unpaired) electrons. The number of nitrogens with zero attached hydrogens (tertiary/aromatic N) is 6. The van der Waals surface area contributed by atoms with E-state index in [1.807, 2.05) is 11.0 Å². The Morgan fingerprint density at radius 1 is 1.02 bits per heavy atom. The van der Waals surface area contributed by atoms with E-state index in [0.717, 1.165) is 108 Å². The van der Waals surface area contributed by atoms with Gasteiger partial charge >= 0.3 is 6.18 Å². The van der Waals surface area contributed by atoms with Crippen LogP contribution in [0, 0.1) is 5.92 Å². The Labute approximate surface area is 289 Å². The maximum atomic E-state index is 14.0. The summed E-state index contributed by atoms with van der Waals surface area (Å²) in [4.78, 5) is 30.8. The van der Waals surface area contributed by atoms with Crippen molar-refractivity contribution >= 4 is 29.0 Å². The van der Waals surface area contributed by atoms with Gasteiger partial charge in [-0.1, -0.05) is 6.92 Å². The first-order chi connectivity index (χ1) is 23.7. The van der Waals surface area contributed by atoms with Gasteiger partial charge < -0.3 is 30.7 Å². The van der Waals surface area contributed by atoms with Gasteiger partial charge in [0, 0.05) is 95.0 Å². The predicted octanol–water partition coefficient (Wildman–Crippen LogP) is 5.20. The Morgan fingerprint density at radius 3 is 2.57 bits per heavy atom. The molecule has 2 unspecified atom stereocenters. The Kier molecular flexibility index (Phi) is 11.8. The van der Waals surface area contributed by atoms with Crippen molar-refractivity contribution in [2.45, 2.75) is 83.0 Å². The minimum absolute atomic E-state index is 0.110. The molecule has 2 aromatic rings. The van der Waals surface area contributed by atoms with Gasteiger partial charge in [-0.25, -0.2) is 4.98 Å². The molecule has 0 aliphatic carbocycles. The summed E-state index contributed by atoms with van der Waals surface area (Å²) in [6.45, 7) is 11.0.